The van der Waals surface area contributed by atoms with Crippen molar-refractivity contribution in [3.05, 3.63) is 75.4 Å². The largest absolute Gasteiger partial charge is 0.338 e. The fourth-order valence-corrected chi connectivity index (χ4v) is 3.09. The summed E-state index contributed by atoms with van der Waals surface area (Å²) in [6.45, 7) is 4.98. The summed E-state index contributed by atoms with van der Waals surface area (Å²) in [7, 11) is 0. The minimum Gasteiger partial charge on any atom is -0.338 e. The second-order valence-electron chi connectivity index (χ2n) is 6.09. The van der Waals surface area contributed by atoms with Crippen LogP contribution in [-0.2, 0) is 0 Å². The van der Waals surface area contributed by atoms with Crippen LogP contribution in [-0.4, -0.2) is 38.6 Å². The Balaban J connectivity index is 2.11. The second-order valence-corrected chi connectivity index (χ2v) is 6.52. The van der Waals surface area contributed by atoms with Gasteiger partial charge in [0.2, 0.25) is 0 Å². The zero-order valence-electron chi connectivity index (χ0n) is 15.5. The highest BCUT2D eigenvalue weighted by Gasteiger charge is 2.21. The van der Waals surface area contributed by atoms with E-state index in [2.05, 4.69) is 5.10 Å². The number of hydrogen-bond donors (Lipinski definition) is 0. The number of nitro benzene ring substituents is 1. The van der Waals surface area contributed by atoms with E-state index in [1.54, 1.807) is 46.0 Å². The number of hydrogen-bond acceptors (Lipinski definition) is 4. The number of carbonyl (C=O) groups is 1. The third kappa shape index (κ3) is 3.89. The molecule has 0 aliphatic heterocycles. The Bertz CT molecular complexity index is 1010. The maximum absolute atomic E-state index is 13.0. The van der Waals surface area contributed by atoms with E-state index < -0.39 is 4.92 Å². The third-order valence-corrected chi connectivity index (χ3v) is 4.64. The second kappa shape index (κ2) is 8.22. The fraction of sp³-hybridized carbons (Fsp3) is 0.200. The van der Waals surface area contributed by atoms with Gasteiger partial charge in [0, 0.05) is 35.8 Å². The molecule has 0 unspecified atom stereocenters. The summed E-state index contributed by atoms with van der Waals surface area (Å²) in [6.07, 6.45) is 0. The fourth-order valence-electron chi connectivity index (χ4n) is 2.91. The van der Waals surface area contributed by atoms with Crippen molar-refractivity contribution in [1.82, 2.24) is 14.7 Å². The van der Waals surface area contributed by atoms with Gasteiger partial charge >= 0.3 is 0 Å². The molecule has 0 bridgehead atoms. The molecule has 1 amide bonds. The first kappa shape index (κ1) is 19.6. The van der Waals surface area contributed by atoms with Gasteiger partial charge < -0.3 is 4.90 Å². The van der Waals surface area contributed by atoms with Crippen molar-refractivity contribution >= 4 is 23.2 Å². The number of nitro groups is 1. The highest BCUT2D eigenvalue weighted by atomic mass is 35.5. The van der Waals surface area contributed by atoms with E-state index in [0.29, 0.717) is 40.8 Å². The van der Waals surface area contributed by atoms with Crippen molar-refractivity contribution in [1.29, 1.82) is 0 Å². The molecule has 0 N–H and O–H groups in total. The lowest BCUT2D eigenvalue weighted by atomic mass is 10.1. The van der Waals surface area contributed by atoms with Crippen LogP contribution in [0.4, 0.5) is 5.69 Å². The molecule has 8 heteroatoms. The van der Waals surface area contributed by atoms with Gasteiger partial charge in [0.05, 0.1) is 16.3 Å². The molecule has 3 aromatic rings. The SMILES string of the molecule is CCN(CC)C(=O)c1cc(-c2ccc([N+](=O)[O-])cc2)nn1-c1cccc(Cl)c1. The van der Waals surface area contributed by atoms with E-state index in [1.807, 2.05) is 19.9 Å². The predicted octanol–water partition coefficient (Wildman–Crippen LogP) is 4.58. The highest BCUT2D eigenvalue weighted by molar-refractivity contribution is 6.30. The van der Waals surface area contributed by atoms with Crippen LogP contribution >= 0.6 is 11.6 Å². The van der Waals surface area contributed by atoms with Crippen LogP contribution in [0.1, 0.15) is 24.3 Å². The van der Waals surface area contributed by atoms with Gasteiger partial charge in [0.1, 0.15) is 5.69 Å². The Kier molecular flexibility index (Phi) is 5.75. The molecule has 0 fully saturated rings. The summed E-state index contributed by atoms with van der Waals surface area (Å²) < 4.78 is 1.56. The standard InChI is InChI=1S/C20H19ClN4O3/c1-3-23(4-2)20(26)19-13-18(14-8-10-16(11-9-14)25(27)28)22-24(19)17-7-5-6-15(21)12-17/h5-13H,3-4H2,1-2H3. The van der Waals surface area contributed by atoms with Crippen LogP contribution < -0.4 is 0 Å². The van der Waals surface area contributed by atoms with Crippen molar-refractivity contribution in [3.63, 3.8) is 0 Å². The molecule has 0 aliphatic rings. The van der Waals surface area contributed by atoms with Gasteiger partial charge in [0.15, 0.2) is 0 Å². The lowest BCUT2D eigenvalue weighted by molar-refractivity contribution is -0.384. The maximum atomic E-state index is 13.0. The Morgan fingerprint density at radius 3 is 2.39 bits per heavy atom. The van der Waals surface area contributed by atoms with Crippen LogP contribution in [0.25, 0.3) is 16.9 Å². The van der Waals surface area contributed by atoms with Gasteiger partial charge in [-0.1, -0.05) is 17.7 Å². The Labute approximate surface area is 167 Å². The molecule has 2 aromatic carbocycles. The van der Waals surface area contributed by atoms with Crippen LogP contribution in [0.5, 0.6) is 0 Å². The van der Waals surface area contributed by atoms with Crippen molar-refractivity contribution < 1.29 is 9.72 Å². The number of aromatic nitrogens is 2. The lowest BCUT2D eigenvalue weighted by Gasteiger charge is -2.19. The zero-order valence-corrected chi connectivity index (χ0v) is 16.3. The Morgan fingerprint density at radius 2 is 1.82 bits per heavy atom. The molecule has 0 saturated carbocycles. The number of benzene rings is 2. The van der Waals surface area contributed by atoms with Crippen LogP contribution in [0.3, 0.4) is 0 Å². The average molecular weight is 399 g/mol. The number of halogens is 1. The molecule has 3 rings (SSSR count). The minimum absolute atomic E-state index is 0.00235. The first-order valence-corrected chi connectivity index (χ1v) is 9.22. The molecule has 0 radical (unpaired) electrons. The number of carbonyl (C=O) groups excluding carboxylic acids is 1. The van der Waals surface area contributed by atoms with E-state index in [4.69, 9.17) is 11.6 Å². The number of rotatable bonds is 6. The Morgan fingerprint density at radius 1 is 1.14 bits per heavy atom. The van der Waals surface area contributed by atoms with Gasteiger partial charge in [-0.05, 0) is 50.2 Å². The normalized spacial score (nSPS) is 10.7. The predicted molar refractivity (Wildman–Crippen MR) is 108 cm³/mol. The number of non-ortho nitro benzene ring substituents is 1. The summed E-state index contributed by atoms with van der Waals surface area (Å²) in [6, 6.07) is 14.9. The molecule has 0 aliphatic carbocycles. The van der Waals surface area contributed by atoms with Crippen LogP contribution in [0.15, 0.2) is 54.6 Å². The molecule has 0 atom stereocenters. The Hall–Kier alpha value is -3.19. The minimum atomic E-state index is -0.455. The summed E-state index contributed by atoms with van der Waals surface area (Å²) in [4.78, 5) is 25.1. The van der Waals surface area contributed by atoms with Gasteiger partial charge in [-0.3, -0.25) is 14.9 Å². The number of nitrogens with zero attached hydrogens (tertiary/aromatic N) is 4. The topological polar surface area (TPSA) is 81.3 Å². The molecular weight excluding hydrogens is 380 g/mol. The van der Waals surface area contributed by atoms with Crippen molar-refractivity contribution in [2.75, 3.05) is 13.1 Å². The van der Waals surface area contributed by atoms with Crippen molar-refractivity contribution in [2.45, 2.75) is 13.8 Å². The molecular formula is C20H19ClN4O3. The van der Waals surface area contributed by atoms with Crippen molar-refractivity contribution in [3.8, 4) is 16.9 Å². The summed E-state index contributed by atoms with van der Waals surface area (Å²) in [5.41, 5.74) is 2.29. The van der Waals surface area contributed by atoms with Gasteiger partial charge in [-0.2, -0.15) is 5.10 Å². The molecule has 28 heavy (non-hydrogen) atoms. The van der Waals surface area contributed by atoms with E-state index in [9.17, 15) is 14.9 Å². The first-order chi connectivity index (χ1) is 13.4. The molecule has 0 spiro atoms. The third-order valence-electron chi connectivity index (χ3n) is 4.41. The summed E-state index contributed by atoms with van der Waals surface area (Å²) >= 11 is 6.11. The first-order valence-electron chi connectivity index (χ1n) is 8.84. The van der Waals surface area contributed by atoms with Gasteiger partial charge in [-0.15, -0.1) is 0 Å². The maximum Gasteiger partial charge on any atom is 0.272 e. The van der Waals surface area contributed by atoms with E-state index in [-0.39, 0.29) is 11.6 Å². The lowest BCUT2D eigenvalue weighted by Crippen LogP contribution is -2.32. The summed E-state index contributed by atoms with van der Waals surface area (Å²) in [5.74, 6) is -0.148. The number of amides is 1. The van der Waals surface area contributed by atoms with Gasteiger partial charge in [0.25, 0.3) is 11.6 Å². The molecule has 0 saturated heterocycles. The van der Waals surface area contributed by atoms with Crippen molar-refractivity contribution in [2.24, 2.45) is 0 Å². The highest BCUT2D eigenvalue weighted by Crippen LogP contribution is 2.25. The monoisotopic (exact) mass is 398 g/mol. The van der Waals surface area contributed by atoms with E-state index in [1.165, 1.54) is 12.1 Å². The average Bonchev–Trinajstić information content (AvgIpc) is 3.14. The van der Waals surface area contributed by atoms with Crippen LogP contribution in [0.2, 0.25) is 5.02 Å². The molecule has 1 aromatic heterocycles. The van der Waals surface area contributed by atoms with E-state index >= 15 is 0 Å². The zero-order chi connectivity index (χ0) is 20.3. The molecule has 1 heterocycles. The molecule has 144 valence electrons. The summed E-state index contributed by atoms with van der Waals surface area (Å²) in [5, 5.41) is 16.0. The molecule has 7 nitrogen and oxygen atoms in total. The van der Waals surface area contributed by atoms with Crippen LogP contribution in [0, 0.1) is 10.1 Å². The smallest absolute Gasteiger partial charge is 0.272 e. The quantitative estimate of drug-likeness (QED) is 0.449. The van der Waals surface area contributed by atoms with E-state index in [0.717, 1.165) is 0 Å². The van der Waals surface area contributed by atoms with Gasteiger partial charge in [-0.25, -0.2) is 4.68 Å².